The molecular formula is C15H16F2N2O2S2. The third-order valence-electron chi connectivity index (χ3n) is 3.92. The van der Waals surface area contributed by atoms with Gasteiger partial charge in [-0.25, -0.2) is 21.9 Å². The molecule has 2 N–H and O–H groups in total. The number of benzene rings is 1. The summed E-state index contributed by atoms with van der Waals surface area (Å²) >= 11 is 1.14. The zero-order chi connectivity index (χ0) is 16.4. The van der Waals surface area contributed by atoms with E-state index in [1.54, 1.807) is 11.4 Å². The highest BCUT2D eigenvalue weighted by atomic mass is 32.2. The molecular weight excluding hydrogens is 342 g/mol. The Morgan fingerprint density at radius 1 is 1.22 bits per heavy atom. The molecule has 0 saturated carbocycles. The third kappa shape index (κ3) is 3.60. The summed E-state index contributed by atoms with van der Waals surface area (Å²) in [5, 5.41) is 4.83. The normalized spacial score (nSPS) is 22.2. The molecule has 1 aliphatic heterocycles. The van der Waals surface area contributed by atoms with Gasteiger partial charge < -0.3 is 5.32 Å². The molecule has 0 spiro atoms. The number of thiophene rings is 1. The van der Waals surface area contributed by atoms with E-state index >= 15 is 0 Å². The van der Waals surface area contributed by atoms with Gasteiger partial charge in [0.1, 0.15) is 4.21 Å². The number of hydrogen-bond donors (Lipinski definition) is 2. The van der Waals surface area contributed by atoms with Crippen LogP contribution in [0.2, 0.25) is 0 Å². The minimum atomic E-state index is -3.62. The number of hydrogen-bond acceptors (Lipinski definition) is 4. The maximum absolute atomic E-state index is 13.5. The summed E-state index contributed by atoms with van der Waals surface area (Å²) in [6.07, 6.45) is 0.642. The molecule has 0 aliphatic carbocycles. The molecule has 1 aliphatic rings. The van der Waals surface area contributed by atoms with Crippen LogP contribution in [0, 0.1) is 11.6 Å². The highest BCUT2D eigenvalue weighted by molar-refractivity contribution is 7.91. The second kappa shape index (κ2) is 6.64. The van der Waals surface area contributed by atoms with Crippen molar-refractivity contribution in [2.75, 3.05) is 13.1 Å². The minimum absolute atomic E-state index is 0.207. The second-order valence-electron chi connectivity index (χ2n) is 5.43. The number of piperidine rings is 1. The van der Waals surface area contributed by atoms with Crippen molar-refractivity contribution >= 4 is 21.4 Å². The standard InChI is InChI=1S/C15H16F2N2O2S2/c16-12-4-3-10(8-13(12)17)11-5-6-18-9-14(11)19-23(20,21)15-2-1-7-22-15/h1-4,7-8,11,14,18-19H,5-6,9H2. The molecule has 1 aromatic heterocycles. The van der Waals surface area contributed by atoms with E-state index in [-0.39, 0.29) is 10.1 Å². The lowest BCUT2D eigenvalue weighted by Crippen LogP contribution is -2.49. The van der Waals surface area contributed by atoms with Gasteiger partial charge >= 0.3 is 0 Å². The van der Waals surface area contributed by atoms with Crippen molar-refractivity contribution in [1.82, 2.24) is 10.0 Å². The maximum atomic E-state index is 13.5. The Balaban J connectivity index is 1.86. The molecule has 1 saturated heterocycles. The molecule has 0 radical (unpaired) electrons. The summed E-state index contributed by atoms with van der Waals surface area (Å²) < 4.78 is 54.3. The maximum Gasteiger partial charge on any atom is 0.250 e. The molecule has 2 atom stereocenters. The first-order chi connectivity index (χ1) is 11.0. The summed E-state index contributed by atoms with van der Waals surface area (Å²) in [4.78, 5) is 0. The van der Waals surface area contributed by atoms with Gasteiger partial charge in [-0.1, -0.05) is 12.1 Å². The first-order valence-electron chi connectivity index (χ1n) is 7.19. The van der Waals surface area contributed by atoms with Crippen LogP contribution >= 0.6 is 11.3 Å². The Hall–Kier alpha value is -1.35. The monoisotopic (exact) mass is 358 g/mol. The third-order valence-corrected chi connectivity index (χ3v) is 6.81. The molecule has 1 fully saturated rings. The first kappa shape index (κ1) is 16.5. The van der Waals surface area contributed by atoms with E-state index in [0.29, 0.717) is 25.1 Å². The lowest BCUT2D eigenvalue weighted by Gasteiger charge is -2.32. The van der Waals surface area contributed by atoms with Gasteiger partial charge in [0.15, 0.2) is 11.6 Å². The van der Waals surface area contributed by atoms with Crippen LogP contribution in [0.4, 0.5) is 8.78 Å². The van der Waals surface area contributed by atoms with Crippen molar-refractivity contribution in [3.63, 3.8) is 0 Å². The van der Waals surface area contributed by atoms with Crippen molar-refractivity contribution in [2.24, 2.45) is 0 Å². The Labute approximate surface area is 137 Å². The summed E-state index contributed by atoms with van der Waals surface area (Å²) in [5.41, 5.74) is 0.601. The summed E-state index contributed by atoms with van der Waals surface area (Å²) in [6, 6.07) is 6.54. The predicted octanol–water partition coefficient (Wildman–Crippen LogP) is 2.45. The van der Waals surface area contributed by atoms with Gasteiger partial charge in [-0.05, 0) is 42.1 Å². The largest absolute Gasteiger partial charge is 0.315 e. The van der Waals surface area contributed by atoms with Crippen LogP contribution in [0.5, 0.6) is 0 Å². The molecule has 2 unspecified atom stereocenters. The van der Waals surface area contributed by atoms with Crippen molar-refractivity contribution in [1.29, 1.82) is 0 Å². The molecule has 124 valence electrons. The number of halogens is 2. The van der Waals surface area contributed by atoms with E-state index in [4.69, 9.17) is 0 Å². The Bertz CT molecular complexity index is 779. The van der Waals surface area contributed by atoms with Gasteiger partial charge in [0, 0.05) is 18.5 Å². The van der Waals surface area contributed by atoms with Gasteiger partial charge in [0.25, 0.3) is 0 Å². The van der Waals surface area contributed by atoms with Crippen LogP contribution < -0.4 is 10.0 Å². The van der Waals surface area contributed by atoms with E-state index in [2.05, 4.69) is 10.0 Å². The zero-order valence-electron chi connectivity index (χ0n) is 12.1. The van der Waals surface area contributed by atoms with Crippen molar-refractivity contribution in [3.05, 3.63) is 52.9 Å². The zero-order valence-corrected chi connectivity index (χ0v) is 13.8. The van der Waals surface area contributed by atoms with E-state index in [0.717, 1.165) is 23.5 Å². The Morgan fingerprint density at radius 2 is 2.04 bits per heavy atom. The topological polar surface area (TPSA) is 58.2 Å². The van der Waals surface area contributed by atoms with E-state index in [1.807, 2.05) is 0 Å². The molecule has 3 rings (SSSR count). The van der Waals surface area contributed by atoms with E-state index < -0.39 is 27.7 Å². The molecule has 4 nitrogen and oxygen atoms in total. The smallest absolute Gasteiger partial charge is 0.250 e. The fourth-order valence-corrected chi connectivity index (χ4v) is 5.08. The molecule has 8 heteroatoms. The van der Waals surface area contributed by atoms with Crippen LogP contribution in [0.15, 0.2) is 39.9 Å². The van der Waals surface area contributed by atoms with Crippen LogP contribution in [0.3, 0.4) is 0 Å². The van der Waals surface area contributed by atoms with Crippen LogP contribution in [-0.4, -0.2) is 27.5 Å². The van der Waals surface area contributed by atoms with Crippen molar-refractivity contribution in [2.45, 2.75) is 22.6 Å². The fourth-order valence-electron chi connectivity index (χ4n) is 2.80. The van der Waals surface area contributed by atoms with Crippen LogP contribution in [-0.2, 0) is 10.0 Å². The van der Waals surface area contributed by atoms with E-state index in [9.17, 15) is 17.2 Å². The summed E-state index contributed by atoms with van der Waals surface area (Å²) in [6.45, 7) is 1.13. The average molecular weight is 358 g/mol. The SMILES string of the molecule is O=S(=O)(NC1CNCCC1c1ccc(F)c(F)c1)c1cccs1. The number of sulfonamides is 1. The van der Waals surface area contributed by atoms with Gasteiger partial charge in [0.05, 0.1) is 0 Å². The van der Waals surface area contributed by atoms with E-state index in [1.165, 1.54) is 12.1 Å². The minimum Gasteiger partial charge on any atom is -0.315 e. The lowest BCUT2D eigenvalue weighted by molar-refractivity contribution is 0.376. The molecule has 2 aromatic rings. The van der Waals surface area contributed by atoms with Gasteiger partial charge in [0.2, 0.25) is 10.0 Å². The van der Waals surface area contributed by atoms with Crippen LogP contribution in [0.25, 0.3) is 0 Å². The quantitative estimate of drug-likeness (QED) is 0.883. The first-order valence-corrected chi connectivity index (χ1v) is 9.55. The molecule has 1 aromatic carbocycles. The summed E-state index contributed by atoms with van der Waals surface area (Å²) in [7, 11) is -3.62. The highest BCUT2D eigenvalue weighted by Gasteiger charge is 2.31. The number of nitrogens with one attached hydrogen (secondary N) is 2. The van der Waals surface area contributed by atoms with Crippen molar-refractivity contribution in [3.8, 4) is 0 Å². The van der Waals surface area contributed by atoms with Gasteiger partial charge in [-0.3, -0.25) is 0 Å². The molecule has 2 heterocycles. The summed E-state index contributed by atoms with van der Waals surface area (Å²) in [5.74, 6) is -2.03. The fraction of sp³-hybridized carbons (Fsp3) is 0.333. The average Bonchev–Trinajstić information content (AvgIpc) is 3.06. The Kier molecular flexibility index (Phi) is 4.77. The lowest BCUT2D eigenvalue weighted by atomic mass is 9.86. The van der Waals surface area contributed by atoms with Crippen molar-refractivity contribution < 1.29 is 17.2 Å². The highest BCUT2D eigenvalue weighted by Crippen LogP contribution is 2.28. The molecule has 0 bridgehead atoms. The second-order valence-corrected chi connectivity index (χ2v) is 8.32. The van der Waals surface area contributed by atoms with Gasteiger partial charge in [-0.2, -0.15) is 0 Å². The molecule has 0 amide bonds. The van der Waals surface area contributed by atoms with Crippen LogP contribution in [0.1, 0.15) is 17.9 Å². The predicted molar refractivity (Wildman–Crippen MR) is 85.0 cm³/mol. The molecule has 23 heavy (non-hydrogen) atoms. The Morgan fingerprint density at radius 3 is 2.74 bits per heavy atom. The van der Waals surface area contributed by atoms with Gasteiger partial charge in [-0.15, -0.1) is 11.3 Å². The number of rotatable bonds is 4.